The molecule has 3 rings (SSSR count). The second kappa shape index (κ2) is 8.27. The minimum absolute atomic E-state index is 0.0556. The number of hydrogen-bond acceptors (Lipinski definition) is 6. The normalized spacial score (nSPS) is 16.4. The van der Waals surface area contributed by atoms with Gasteiger partial charge in [0.1, 0.15) is 11.8 Å². The highest BCUT2D eigenvalue weighted by molar-refractivity contribution is 7.89. The van der Waals surface area contributed by atoms with Crippen molar-refractivity contribution in [2.45, 2.75) is 37.6 Å². The molecule has 0 bridgehead atoms. The van der Waals surface area contributed by atoms with Gasteiger partial charge in [-0.1, -0.05) is 12.1 Å². The Morgan fingerprint density at radius 3 is 2.53 bits per heavy atom. The summed E-state index contributed by atoms with van der Waals surface area (Å²) in [4.78, 5) is 36.7. The third-order valence-corrected chi connectivity index (χ3v) is 6.75. The smallest absolute Gasteiger partial charge is 0.267 e. The summed E-state index contributed by atoms with van der Waals surface area (Å²) in [6.45, 7) is 3.09. The number of aryl methyl sites for hydroxylation is 1. The molecule has 2 aromatic carbocycles. The predicted octanol–water partition coefficient (Wildman–Crippen LogP) is 2.52. The van der Waals surface area contributed by atoms with E-state index in [0.29, 0.717) is 26.9 Å². The van der Waals surface area contributed by atoms with E-state index in [0.717, 1.165) is 0 Å². The number of benzene rings is 2. The molecular weight excluding hydrogens is 408 g/mol. The molecule has 0 aromatic heterocycles. The Labute approximate surface area is 174 Å². The van der Waals surface area contributed by atoms with E-state index < -0.39 is 27.9 Å². The van der Waals surface area contributed by atoms with Crippen LogP contribution in [0.3, 0.4) is 0 Å². The molecule has 9 heteroatoms. The van der Waals surface area contributed by atoms with Crippen molar-refractivity contribution in [1.82, 2.24) is 4.31 Å². The zero-order chi connectivity index (χ0) is 22.1. The van der Waals surface area contributed by atoms with E-state index in [9.17, 15) is 22.8 Å². The molecule has 158 valence electrons. The van der Waals surface area contributed by atoms with Crippen molar-refractivity contribution in [3.8, 4) is 5.75 Å². The molecule has 1 fully saturated rings. The van der Waals surface area contributed by atoms with E-state index in [1.807, 2.05) is 0 Å². The molecule has 0 unspecified atom stereocenters. The Morgan fingerprint density at radius 2 is 1.90 bits per heavy atom. The Kier molecular flexibility index (Phi) is 5.93. The van der Waals surface area contributed by atoms with Crippen molar-refractivity contribution in [3.05, 3.63) is 53.6 Å². The molecule has 1 atom stereocenters. The first-order valence-corrected chi connectivity index (χ1v) is 10.7. The third-order valence-electron chi connectivity index (χ3n) is 4.92. The van der Waals surface area contributed by atoms with Crippen LogP contribution in [0.15, 0.2) is 47.4 Å². The van der Waals surface area contributed by atoms with Gasteiger partial charge >= 0.3 is 0 Å². The van der Waals surface area contributed by atoms with Gasteiger partial charge in [0.2, 0.25) is 11.8 Å². The molecule has 8 nitrogen and oxygen atoms in total. The number of methoxy groups -OCH3 is 1. The highest BCUT2D eigenvalue weighted by Gasteiger charge is 2.44. The number of anilines is 1. The largest absolute Gasteiger partial charge is 0.496 e. The van der Waals surface area contributed by atoms with Crippen LogP contribution >= 0.6 is 0 Å². The van der Waals surface area contributed by atoms with Crippen molar-refractivity contribution in [2.75, 3.05) is 12.4 Å². The van der Waals surface area contributed by atoms with Gasteiger partial charge < -0.3 is 10.1 Å². The van der Waals surface area contributed by atoms with Crippen molar-refractivity contribution in [1.29, 1.82) is 0 Å². The Balaban J connectivity index is 1.89. The monoisotopic (exact) mass is 430 g/mol. The summed E-state index contributed by atoms with van der Waals surface area (Å²) in [7, 11) is -2.76. The first kappa shape index (κ1) is 21.5. The molecule has 0 saturated carbocycles. The number of rotatable bonds is 6. The van der Waals surface area contributed by atoms with Crippen molar-refractivity contribution in [2.24, 2.45) is 0 Å². The van der Waals surface area contributed by atoms with Crippen LogP contribution in [0.1, 0.15) is 35.7 Å². The Bertz CT molecular complexity index is 1130. The summed E-state index contributed by atoms with van der Waals surface area (Å²) in [6.07, 6.45) is 0.0192. The number of hydrogen-bond donors (Lipinski definition) is 1. The summed E-state index contributed by atoms with van der Waals surface area (Å²) in [5.74, 6) is -0.918. The van der Waals surface area contributed by atoms with Crippen LogP contribution in [0.2, 0.25) is 0 Å². The molecule has 2 amide bonds. The lowest BCUT2D eigenvalue weighted by Gasteiger charge is -2.24. The lowest BCUT2D eigenvalue weighted by atomic mass is 10.1. The van der Waals surface area contributed by atoms with E-state index in [-0.39, 0.29) is 23.5 Å². The Morgan fingerprint density at radius 1 is 1.17 bits per heavy atom. The standard InChI is InChI=1S/C21H22N2O6S/c1-13-11-17(7-9-19(13)29-3)30(27,28)23-18(8-10-20(23)25)21(26)22-16-6-4-5-15(12-16)14(2)24/h4-7,9,11-12,18H,8,10H2,1-3H3,(H,22,26)/t18-/m1/s1. The predicted molar refractivity (Wildman–Crippen MR) is 110 cm³/mol. The van der Waals surface area contributed by atoms with Gasteiger partial charge in [-0.3, -0.25) is 14.4 Å². The highest BCUT2D eigenvalue weighted by Crippen LogP contribution is 2.30. The number of nitrogens with zero attached hydrogens (tertiary/aromatic N) is 1. The van der Waals surface area contributed by atoms with Gasteiger partial charge in [-0.15, -0.1) is 0 Å². The molecule has 1 aliphatic rings. The molecule has 2 aromatic rings. The van der Waals surface area contributed by atoms with Crippen LogP contribution in [0.4, 0.5) is 5.69 Å². The fourth-order valence-corrected chi connectivity index (χ4v) is 5.06. The molecule has 0 radical (unpaired) electrons. The molecule has 0 spiro atoms. The zero-order valence-electron chi connectivity index (χ0n) is 16.8. The maximum Gasteiger partial charge on any atom is 0.267 e. The SMILES string of the molecule is COc1ccc(S(=O)(=O)N2C(=O)CC[C@@H]2C(=O)Nc2cccc(C(C)=O)c2)cc1C. The second-order valence-corrected chi connectivity index (χ2v) is 8.82. The Hall–Kier alpha value is -3.20. The summed E-state index contributed by atoms with van der Waals surface area (Å²) >= 11 is 0. The lowest BCUT2D eigenvalue weighted by molar-refractivity contribution is -0.128. The number of carbonyl (C=O) groups is 3. The van der Waals surface area contributed by atoms with Gasteiger partial charge in [0.05, 0.1) is 12.0 Å². The average molecular weight is 430 g/mol. The first-order valence-electron chi connectivity index (χ1n) is 9.29. The van der Waals surface area contributed by atoms with Gasteiger partial charge in [0.15, 0.2) is 5.78 Å². The quantitative estimate of drug-likeness (QED) is 0.705. The van der Waals surface area contributed by atoms with Gasteiger partial charge in [-0.25, -0.2) is 12.7 Å². The summed E-state index contributed by atoms with van der Waals surface area (Å²) < 4.78 is 32.1. The maximum absolute atomic E-state index is 13.1. The molecule has 1 N–H and O–H groups in total. The van der Waals surface area contributed by atoms with Crippen LogP contribution in [-0.4, -0.2) is 43.5 Å². The zero-order valence-corrected chi connectivity index (χ0v) is 17.7. The summed E-state index contributed by atoms with van der Waals surface area (Å²) in [6, 6.07) is 9.40. The van der Waals surface area contributed by atoms with Crippen molar-refractivity contribution in [3.63, 3.8) is 0 Å². The topological polar surface area (TPSA) is 110 Å². The van der Waals surface area contributed by atoms with E-state index in [1.54, 1.807) is 25.1 Å². The van der Waals surface area contributed by atoms with Crippen LogP contribution in [0, 0.1) is 6.92 Å². The number of sulfonamides is 1. The van der Waals surface area contributed by atoms with Crippen LogP contribution < -0.4 is 10.1 Å². The van der Waals surface area contributed by atoms with E-state index in [4.69, 9.17) is 4.74 Å². The first-order chi connectivity index (χ1) is 14.1. The van der Waals surface area contributed by atoms with Crippen molar-refractivity contribution < 1.29 is 27.5 Å². The molecule has 30 heavy (non-hydrogen) atoms. The summed E-state index contributed by atoms with van der Waals surface area (Å²) in [5.41, 5.74) is 1.35. The van der Waals surface area contributed by atoms with Gasteiger partial charge in [0.25, 0.3) is 10.0 Å². The summed E-state index contributed by atoms with van der Waals surface area (Å²) in [5, 5.41) is 2.61. The molecular formula is C21H22N2O6S. The fourth-order valence-electron chi connectivity index (χ4n) is 3.37. The molecule has 0 aliphatic carbocycles. The number of nitrogens with one attached hydrogen (secondary N) is 1. The van der Waals surface area contributed by atoms with Gasteiger partial charge in [0, 0.05) is 17.7 Å². The number of Topliss-reactive ketones (excluding diaryl/α,β-unsaturated/α-hetero) is 1. The maximum atomic E-state index is 13.1. The van der Waals surface area contributed by atoms with Gasteiger partial charge in [-0.05, 0) is 56.2 Å². The average Bonchev–Trinajstić information content (AvgIpc) is 3.10. The van der Waals surface area contributed by atoms with Crippen LogP contribution in [0.25, 0.3) is 0 Å². The van der Waals surface area contributed by atoms with E-state index in [1.165, 1.54) is 38.3 Å². The van der Waals surface area contributed by atoms with Crippen LogP contribution in [0.5, 0.6) is 5.75 Å². The molecule has 1 heterocycles. The number of ether oxygens (including phenoxy) is 1. The number of carbonyl (C=O) groups excluding carboxylic acids is 3. The lowest BCUT2D eigenvalue weighted by Crippen LogP contribution is -2.45. The molecule has 1 saturated heterocycles. The van der Waals surface area contributed by atoms with Crippen LogP contribution in [-0.2, 0) is 19.6 Å². The van der Waals surface area contributed by atoms with E-state index >= 15 is 0 Å². The fraction of sp³-hybridized carbons (Fsp3) is 0.286. The van der Waals surface area contributed by atoms with E-state index in [2.05, 4.69) is 5.32 Å². The van der Waals surface area contributed by atoms with Gasteiger partial charge in [-0.2, -0.15) is 0 Å². The molecule has 1 aliphatic heterocycles. The minimum Gasteiger partial charge on any atom is -0.496 e. The highest BCUT2D eigenvalue weighted by atomic mass is 32.2. The second-order valence-electron chi connectivity index (χ2n) is 7.01. The minimum atomic E-state index is -4.23. The third kappa shape index (κ3) is 4.06. The van der Waals surface area contributed by atoms with Crippen molar-refractivity contribution >= 4 is 33.3 Å². The number of amides is 2. The number of ketones is 1.